The molecule has 1 fully saturated rings. The number of hydrogen-bond donors (Lipinski definition) is 3. The Hall–Kier alpha value is -1.88. The second-order valence-corrected chi connectivity index (χ2v) is 4.57. The van der Waals surface area contributed by atoms with Gasteiger partial charge >= 0.3 is 5.97 Å². The Kier molecular flexibility index (Phi) is 3.62. The number of carbonyl (C=O) groups excluding carboxylic acids is 1. The lowest BCUT2D eigenvalue weighted by Gasteiger charge is -2.09. The fraction of sp³-hybridized carbons (Fsp3) is 0.385. The van der Waals surface area contributed by atoms with Gasteiger partial charge in [0.1, 0.15) is 0 Å². The number of rotatable bonds is 5. The minimum Gasteiger partial charge on any atom is -0.481 e. The number of nitrogens with one attached hydrogen (secondary N) is 1. The number of hydrogen-bond acceptors (Lipinski definition) is 3. The largest absolute Gasteiger partial charge is 0.481 e. The van der Waals surface area contributed by atoms with Crippen LogP contribution < -0.4 is 11.1 Å². The minimum atomic E-state index is -1.06. The summed E-state index contributed by atoms with van der Waals surface area (Å²) >= 11 is 0. The third kappa shape index (κ3) is 3.07. The van der Waals surface area contributed by atoms with E-state index in [-0.39, 0.29) is 18.4 Å². The number of benzene rings is 1. The first kappa shape index (κ1) is 12.6. The van der Waals surface area contributed by atoms with E-state index >= 15 is 0 Å². The quantitative estimate of drug-likeness (QED) is 0.706. The van der Waals surface area contributed by atoms with Gasteiger partial charge in [0, 0.05) is 12.0 Å². The zero-order valence-corrected chi connectivity index (χ0v) is 9.87. The summed E-state index contributed by atoms with van der Waals surface area (Å²) in [4.78, 5) is 22.0. The SMILES string of the molecule is N[C@H](CC(=O)O)C(=O)N[C@@H]1C[C@@H]1c1ccccc1. The first-order valence-electron chi connectivity index (χ1n) is 5.90. The summed E-state index contributed by atoms with van der Waals surface area (Å²) in [5.41, 5.74) is 6.67. The molecule has 5 nitrogen and oxygen atoms in total. The number of carbonyl (C=O) groups is 2. The summed E-state index contributed by atoms with van der Waals surface area (Å²) in [5, 5.41) is 11.3. The first-order chi connectivity index (χ1) is 8.58. The van der Waals surface area contributed by atoms with Crippen molar-refractivity contribution in [2.45, 2.75) is 30.8 Å². The molecule has 0 aromatic heterocycles. The number of carboxylic acids is 1. The summed E-state index contributed by atoms with van der Waals surface area (Å²) in [6.45, 7) is 0. The number of carboxylic acid groups (broad SMARTS) is 1. The van der Waals surface area contributed by atoms with E-state index in [1.54, 1.807) is 0 Å². The molecule has 0 aliphatic heterocycles. The molecule has 0 radical (unpaired) electrons. The van der Waals surface area contributed by atoms with E-state index in [1.165, 1.54) is 5.56 Å². The summed E-state index contributed by atoms with van der Waals surface area (Å²) < 4.78 is 0. The van der Waals surface area contributed by atoms with Crippen molar-refractivity contribution in [2.24, 2.45) is 5.73 Å². The van der Waals surface area contributed by atoms with Crippen molar-refractivity contribution < 1.29 is 14.7 Å². The van der Waals surface area contributed by atoms with E-state index in [1.807, 2.05) is 30.3 Å². The Morgan fingerprint density at radius 3 is 2.67 bits per heavy atom. The second-order valence-electron chi connectivity index (χ2n) is 4.57. The normalized spacial score (nSPS) is 23.2. The minimum absolute atomic E-state index is 0.0831. The number of nitrogens with two attached hydrogens (primary N) is 1. The van der Waals surface area contributed by atoms with Crippen molar-refractivity contribution in [1.29, 1.82) is 0 Å². The van der Waals surface area contributed by atoms with Crippen molar-refractivity contribution in [1.82, 2.24) is 5.32 Å². The van der Waals surface area contributed by atoms with Gasteiger partial charge < -0.3 is 16.2 Å². The van der Waals surface area contributed by atoms with Gasteiger partial charge in [0.05, 0.1) is 12.5 Å². The van der Waals surface area contributed by atoms with Crippen molar-refractivity contribution in [3.8, 4) is 0 Å². The molecule has 1 aromatic carbocycles. The standard InChI is InChI=1S/C13H16N2O3/c14-10(7-12(16)17)13(18)15-11-6-9(11)8-4-2-1-3-5-8/h1-5,9-11H,6-7,14H2,(H,15,18)(H,16,17)/t9-,10-,11-/m1/s1. The molecule has 18 heavy (non-hydrogen) atoms. The van der Waals surface area contributed by atoms with Gasteiger partial charge in [-0.1, -0.05) is 30.3 Å². The van der Waals surface area contributed by atoms with E-state index in [0.29, 0.717) is 5.92 Å². The van der Waals surface area contributed by atoms with Crippen LogP contribution in [0.1, 0.15) is 24.3 Å². The van der Waals surface area contributed by atoms with Gasteiger partial charge in [0.15, 0.2) is 0 Å². The lowest BCUT2D eigenvalue weighted by atomic mass is 10.1. The molecule has 0 unspecified atom stereocenters. The Bertz CT molecular complexity index is 447. The molecule has 0 heterocycles. The van der Waals surface area contributed by atoms with Crippen LogP contribution in [0.25, 0.3) is 0 Å². The van der Waals surface area contributed by atoms with E-state index in [0.717, 1.165) is 6.42 Å². The molecule has 1 saturated carbocycles. The third-order valence-corrected chi connectivity index (χ3v) is 3.08. The van der Waals surface area contributed by atoms with Crippen molar-refractivity contribution in [3.05, 3.63) is 35.9 Å². The lowest BCUT2D eigenvalue weighted by Crippen LogP contribution is -2.43. The average Bonchev–Trinajstić information content (AvgIpc) is 3.08. The van der Waals surface area contributed by atoms with Crippen LogP contribution in [0.4, 0.5) is 0 Å². The molecule has 1 aliphatic rings. The van der Waals surface area contributed by atoms with E-state index in [9.17, 15) is 9.59 Å². The van der Waals surface area contributed by atoms with Crippen LogP contribution in [-0.2, 0) is 9.59 Å². The molecule has 3 atom stereocenters. The van der Waals surface area contributed by atoms with Gasteiger partial charge in [-0.25, -0.2) is 0 Å². The summed E-state index contributed by atoms with van der Waals surface area (Å²) in [7, 11) is 0. The maximum Gasteiger partial charge on any atom is 0.305 e. The molecule has 0 bridgehead atoms. The molecule has 5 heteroatoms. The fourth-order valence-corrected chi connectivity index (χ4v) is 1.99. The molecule has 2 rings (SSSR count). The van der Waals surface area contributed by atoms with Crippen molar-refractivity contribution >= 4 is 11.9 Å². The topological polar surface area (TPSA) is 92.4 Å². The highest BCUT2D eigenvalue weighted by molar-refractivity contribution is 5.86. The Morgan fingerprint density at radius 2 is 2.06 bits per heavy atom. The summed E-state index contributed by atoms with van der Waals surface area (Å²) in [6, 6.07) is 9.02. The van der Waals surface area contributed by atoms with E-state index < -0.39 is 12.0 Å². The smallest absolute Gasteiger partial charge is 0.305 e. The van der Waals surface area contributed by atoms with Crippen molar-refractivity contribution in [3.63, 3.8) is 0 Å². The second kappa shape index (κ2) is 5.18. The highest BCUT2D eigenvalue weighted by Crippen LogP contribution is 2.40. The number of amides is 1. The van der Waals surface area contributed by atoms with Crippen LogP contribution in [-0.4, -0.2) is 29.1 Å². The summed E-state index contributed by atoms with van der Waals surface area (Å²) in [5.74, 6) is -1.12. The molecule has 1 amide bonds. The van der Waals surface area contributed by atoms with E-state index in [4.69, 9.17) is 10.8 Å². The maximum atomic E-state index is 11.6. The average molecular weight is 248 g/mol. The molecule has 4 N–H and O–H groups in total. The van der Waals surface area contributed by atoms with Crippen LogP contribution in [0.15, 0.2) is 30.3 Å². The zero-order valence-electron chi connectivity index (χ0n) is 9.87. The molecular formula is C13H16N2O3. The highest BCUT2D eigenvalue weighted by Gasteiger charge is 2.40. The zero-order chi connectivity index (χ0) is 13.1. The van der Waals surface area contributed by atoms with Crippen LogP contribution in [0.3, 0.4) is 0 Å². The van der Waals surface area contributed by atoms with Crippen LogP contribution in [0, 0.1) is 0 Å². The van der Waals surface area contributed by atoms with Crippen LogP contribution in [0.5, 0.6) is 0 Å². The molecule has 1 aromatic rings. The lowest BCUT2D eigenvalue weighted by molar-refractivity contribution is -0.139. The Labute approximate surface area is 105 Å². The Balaban J connectivity index is 1.83. The van der Waals surface area contributed by atoms with Gasteiger partial charge in [0.25, 0.3) is 0 Å². The predicted octanol–water partition coefficient (Wildman–Crippen LogP) is 0.461. The number of aliphatic carboxylic acids is 1. The van der Waals surface area contributed by atoms with Gasteiger partial charge in [0.2, 0.25) is 5.91 Å². The van der Waals surface area contributed by atoms with Crippen LogP contribution >= 0.6 is 0 Å². The van der Waals surface area contributed by atoms with Crippen molar-refractivity contribution in [2.75, 3.05) is 0 Å². The summed E-state index contributed by atoms with van der Waals surface area (Å²) in [6.07, 6.45) is 0.546. The molecule has 1 aliphatic carbocycles. The molecular weight excluding hydrogens is 232 g/mol. The highest BCUT2D eigenvalue weighted by atomic mass is 16.4. The maximum absolute atomic E-state index is 11.6. The van der Waals surface area contributed by atoms with E-state index in [2.05, 4.69) is 5.32 Å². The van der Waals surface area contributed by atoms with Crippen LogP contribution in [0.2, 0.25) is 0 Å². The predicted molar refractivity (Wildman–Crippen MR) is 66.0 cm³/mol. The van der Waals surface area contributed by atoms with Gasteiger partial charge in [-0.3, -0.25) is 9.59 Å². The Morgan fingerprint density at radius 1 is 1.39 bits per heavy atom. The third-order valence-electron chi connectivity index (χ3n) is 3.08. The first-order valence-corrected chi connectivity index (χ1v) is 5.90. The molecule has 0 saturated heterocycles. The monoisotopic (exact) mass is 248 g/mol. The van der Waals surface area contributed by atoms with Gasteiger partial charge in [-0.05, 0) is 12.0 Å². The molecule has 0 spiro atoms. The van der Waals surface area contributed by atoms with Gasteiger partial charge in [-0.15, -0.1) is 0 Å². The van der Waals surface area contributed by atoms with Gasteiger partial charge in [-0.2, -0.15) is 0 Å². The molecule has 96 valence electrons. The fourth-order valence-electron chi connectivity index (χ4n) is 1.99.